The Labute approximate surface area is 116 Å². The fourth-order valence-electron chi connectivity index (χ4n) is 4.09. The van der Waals surface area contributed by atoms with Crippen molar-refractivity contribution in [1.82, 2.24) is 4.31 Å². The maximum absolute atomic E-state index is 12.7. The van der Waals surface area contributed by atoms with Crippen LogP contribution in [0.2, 0.25) is 0 Å². The second-order valence-corrected chi connectivity index (χ2v) is 8.67. The van der Waals surface area contributed by atoms with Crippen molar-refractivity contribution in [3.63, 3.8) is 0 Å². The predicted molar refractivity (Wildman–Crippen MR) is 75.2 cm³/mol. The van der Waals surface area contributed by atoms with Crippen LogP contribution in [0.3, 0.4) is 0 Å². The highest BCUT2D eigenvalue weighted by Gasteiger charge is 2.69. The first-order valence-corrected chi connectivity index (χ1v) is 8.68. The van der Waals surface area contributed by atoms with Gasteiger partial charge in [-0.25, -0.2) is 12.7 Å². The Kier molecular flexibility index (Phi) is 3.38. The van der Waals surface area contributed by atoms with Gasteiger partial charge in [0.25, 0.3) is 0 Å². The average Bonchev–Trinajstić information content (AvgIpc) is 2.62. The number of fused-ring (bicyclic) bond motifs is 2. The average molecular weight is 287 g/mol. The van der Waals surface area contributed by atoms with Crippen LogP contribution < -0.4 is 0 Å². The molecule has 0 aromatic carbocycles. The lowest BCUT2D eigenvalue weighted by molar-refractivity contribution is -0.128. The number of Topliss-reactive ketones (excluding diaryl/α,β-unsaturated/α-hetero) is 1. The molecule has 19 heavy (non-hydrogen) atoms. The van der Waals surface area contributed by atoms with E-state index in [1.54, 1.807) is 0 Å². The number of carbonyl (C=O) groups excluding carboxylic acids is 1. The van der Waals surface area contributed by atoms with Crippen LogP contribution in [0.25, 0.3) is 0 Å². The summed E-state index contributed by atoms with van der Waals surface area (Å²) in [4.78, 5) is 12.7. The van der Waals surface area contributed by atoms with Crippen LogP contribution in [-0.4, -0.2) is 36.8 Å². The Morgan fingerprint density at radius 1 is 1.21 bits per heavy atom. The summed E-state index contributed by atoms with van der Waals surface area (Å²) < 4.78 is 26.9. The maximum atomic E-state index is 12.7. The van der Waals surface area contributed by atoms with Crippen LogP contribution in [-0.2, 0) is 14.8 Å². The summed E-state index contributed by atoms with van der Waals surface area (Å²) in [5.41, 5.74) is -0.683. The molecule has 2 fully saturated rings. The van der Waals surface area contributed by atoms with E-state index in [0.29, 0.717) is 13.1 Å². The van der Waals surface area contributed by atoms with E-state index in [0.717, 1.165) is 12.8 Å². The van der Waals surface area contributed by atoms with Crippen molar-refractivity contribution in [3.8, 4) is 0 Å². The zero-order valence-electron chi connectivity index (χ0n) is 12.6. The fourth-order valence-corrected chi connectivity index (χ4v) is 6.55. The molecule has 0 amide bonds. The Morgan fingerprint density at radius 2 is 1.74 bits per heavy atom. The molecule has 2 bridgehead atoms. The number of nitrogens with zero attached hydrogens (tertiary/aromatic N) is 1. The Hall–Kier alpha value is -0.420. The molecule has 0 aromatic heterocycles. The van der Waals surface area contributed by atoms with Gasteiger partial charge in [0.05, 0.1) is 0 Å². The number of rotatable bonds is 4. The van der Waals surface area contributed by atoms with Gasteiger partial charge in [0.1, 0.15) is 5.25 Å². The Balaban J connectivity index is 2.47. The number of ketones is 1. The molecule has 5 heteroatoms. The molecule has 0 spiro atoms. The van der Waals surface area contributed by atoms with Gasteiger partial charge in [-0.2, -0.15) is 0 Å². The quantitative estimate of drug-likeness (QED) is 0.795. The molecule has 0 heterocycles. The van der Waals surface area contributed by atoms with Gasteiger partial charge in [0.2, 0.25) is 10.0 Å². The Morgan fingerprint density at radius 3 is 2.11 bits per heavy atom. The summed E-state index contributed by atoms with van der Waals surface area (Å²) in [6.45, 7) is 10.6. The van der Waals surface area contributed by atoms with Crippen molar-refractivity contribution in [2.45, 2.75) is 52.7 Å². The summed E-state index contributed by atoms with van der Waals surface area (Å²) in [7, 11) is -3.51. The number of carbonyl (C=O) groups is 1. The summed E-state index contributed by atoms with van der Waals surface area (Å²) in [5, 5.41) is -0.818. The van der Waals surface area contributed by atoms with E-state index in [1.165, 1.54) is 4.31 Å². The van der Waals surface area contributed by atoms with Crippen LogP contribution in [0.15, 0.2) is 0 Å². The summed E-state index contributed by atoms with van der Waals surface area (Å²) >= 11 is 0. The molecular weight excluding hydrogens is 262 g/mol. The normalized spacial score (nSPS) is 37.3. The zero-order valence-corrected chi connectivity index (χ0v) is 13.4. The molecule has 4 nitrogen and oxygen atoms in total. The molecule has 2 aliphatic rings. The number of hydrogen-bond donors (Lipinski definition) is 0. The minimum atomic E-state index is -3.51. The summed E-state index contributed by atoms with van der Waals surface area (Å²) in [6.07, 6.45) is 1.67. The van der Waals surface area contributed by atoms with Crippen LogP contribution in [0.1, 0.15) is 47.5 Å². The molecule has 2 rings (SSSR count). The van der Waals surface area contributed by atoms with Crippen molar-refractivity contribution < 1.29 is 13.2 Å². The van der Waals surface area contributed by atoms with Crippen molar-refractivity contribution in [1.29, 1.82) is 0 Å². The van der Waals surface area contributed by atoms with Gasteiger partial charge >= 0.3 is 0 Å². The molecule has 0 saturated heterocycles. The third-order valence-electron chi connectivity index (χ3n) is 5.86. The maximum Gasteiger partial charge on any atom is 0.224 e. The van der Waals surface area contributed by atoms with Gasteiger partial charge in [-0.1, -0.05) is 34.6 Å². The number of sulfonamides is 1. The molecule has 0 aromatic rings. The number of hydrogen-bond acceptors (Lipinski definition) is 3. The van der Waals surface area contributed by atoms with E-state index in [9.17, 15) is 13.2 Å². The lowest BCUT2D eigenvalue weighted by Gasteiger charge is -2.32. The topological polar surface area (TPSA) is 54.5 Å². The van der Waals surface area contributed by atoms with Crippen LogP contribution in [0, 0.1) is 16.7 Å². The van der Waals surface area contributed by atoms with Gasteiger partial charge in [-0.15, -0.1) is 0 Å². The van der Waals surface area contributed by atoms with E-state index in [1.807, 2.05) is 20.8 Å². The molecule has 0 N–H and O–H groups in total. The van der Waals surface area contributed by atoms with Crippen LogP contribution in [0.5, 0.6) is 0 Å². The lowest BCUT2D eigenvalue weighted by Crippen LogP contribution is -2.46. The Bertz CT molecular complexity index is 493. The minimum absolute atomic E-state index is 0.0319. The molecule has 0 radical (unpaired) electrons. The molecular formula is C14H25NO3S. The van der Waals surface area contributed by atoms with Crippen LogP contribution >= 0.6 is 0 Å². The van der Waals surface area contributed by atoms with Gasteiger partial charge in [-0.05, 0) is 24.2 Å². The van der Waals surface area contributed by atoms with E-state index in [2.05, 4.69) is 13.8 Å². The standard InChI is InChI=1S/C14H25NO3S/c1-6-15(7-2)19(17,18)11-10-8-9-14(5,12(11)16)13(10,3)4/h10-11H,6-9H2,1-5H3. The molecule has 3 unspecified atom stereocenters. The molecule has 110 valence electrons. The highest BCUT2D eigenvalue weighted by atomic mass is 32.2. The van der Waals surface area contributed by atoms with Crippen LogP contribution in [0.4, 0.5) is 0 Å². The largest absolute Gasteiger partial charge is 0.298 e. The minimum Gasteiger partial charge on any atom is -0.298 e. The van der Waals surface area contributed by atoms with Crippen molar-refractivity contribution in [2.75, 3.05) is 13.1 Å². The summed E-state index contributed by atoms with van der Waals surface area (Å²) in [5.74, 6) is -0.0868. The molecule has 2 aliphatic carbocycles. The first-order chi connectivity index (χ1) is 8.64. The second kappa shape index (κ2) is 4.29. The van der Waals surface area contributed by atoms with E-state index >= 15 is 0 Å². The van der Waals surface area contributed by atoms with Gasteiger partial charge < -0.3 is 0 Å². The first kappa shape index (κ1) is 15.0. The fraction of sp³-hybridized carbons (Fsp3) is 0.929. The zero-order chi connectivity index (χ0) is 14.6. The molecule has 2 saturated carbocycles. The highest BCUT2D eigenvalue weighted by Crippen LogP contribution is 2.65. The third kappa shape index (κ3) is 1.67. The predicted octanol–water partition coefficient (Wildman–Crippen LogP) is 2.05. The molecule has 3 atom stereocenters. The van der Waals surface area contributed by atoms with Gasteiger partial charge in [0.15, 0.2) is 5.78 Å². The SMILES string of the molecule is CCN(CC)S(=O)(=O)C1C(=O)C2(C)CCC1C2(C)C. The third-order valence-corrected chi connectivity index (χ3v) is 8.28. The van der Waals surface area contributed by atoms with Gasteiger partial charge in [0, 0.05) is 18.5 Å². The highest BCUT2D eigenvalue weighted by molar-refractivity contribution is 7.90. The summed E-state index contributed by atoms with van der Waals surface area (Å²) in [6, 6.07) is 0. The second-order valence-electron chi connectivity index (χ2n) is 6.61. The molecule has 0 aliphatic heterocycles. The monoisotopic (exact) mass is 287 g/mol. The van der Waals surface area contributed by atoms with Crippen molar-refractivity contribution >= 4 is 15.8 Å². The van der Waals surface area contributed by atoms with Crippen molar-refractivity contribution in [3.05, 3.63) is 0 Å². The van der Waals surface area contributed by atoms with Crippen molar-refractivity contribution in [2.24, 2.45) is 16.7 Å². The van der Waals surface area contributed by atoms with E-state index < -0.39 is 20.7 Å². The van der Waals surface area contributed by atoms with E-state index in [4.69, 9.17) is 0 Å². The van der Waals surface area contributed by atoms with Gasteiger partial charge in [-0.3, -0.25) is 4.79 Å². The lowest BCUT2D eigenvalue weighted by atomic mass is 9.70. The van der Waals surface area contributed by atoms with E-state index in [-0.39, 0.29) is 17.1 Å². The smallest absolute Gasteiger partial charge is 0.224 e. The first-order valence-electron chi connectivity index (χ1n) is 7.17.